The Balaban J connectivity index is 1.94. The molecule has 0 saturated heterocycles. The van der Waals surface area contributed by atoms with Crippen LogP contribution in [-0.2, 0) is 0 Å². The van der Waals surface area contributed by atoms with Crippen LogP contribution in [-0.4, -0.2) is 19.5 Å². The van der Waals surface area contributed by atoms with Crippen molar-refractivity contribution >= 4 is 28.9 Å². The molecule has 0 bridgehead atoms. The molecule has 1 unspecified atom stereocenters. The van der Waals surface area contributed by atoms with E-state index in [1.54, 1.807) is 6.07 Å². The SMILES string of the molecule is CN1CCC(N)c2cccc(C(=O)Nc3ccc(F)c(Cl)c3)c21. The van der Waals surface area contributed by atoms with Gasteiger partial charge in [0.15, 0.2) is 0 Å². The smallest absolute Gasteiger partial charge is 0.257 e. The zero-order chi connectivity index (χ0) is 16.6. The molecule has 0 saturated carbocycles. The number of fused-ring (bicyclic) bond motifs is 1. The van der Waals surface area contributed by atoms with Crippen molar-refractivity contribution in [2.75, 3.05) is 23.8 Å². The Morgan fingerprint density at radius 3 is 2.91 bits per heavy atom. The average Bonchev–Trinajstić information content (AvgIpc) is 2.54. The molecule has 0 fully saturated rings. The van der Waals surface area contributed by atoms with Gasteiger partial charge in [-0.25, -0.2) is 4.39 Å². The molecule has 1 heterocycles. The second-order valence-corrected chi connectivity index (χ2v) is 6.05. The highest BCUT2D eigenvalue weighted by Gasteiger charge is 2.25. The van der Waals surface area contributed by atoms with Crippen molar-refractivity contribution in [3.8, 4) is 0 Å². The average molecular weight is 334 g/mol. The highest BCUT2D eigenvalue weighted by atomic mass is 35.5. The molecule has 1 aliphatic heterocycles. The van der Waals surface area contributed by atoms with Gasteiger partial charge < -0.3 is 16.0 Å². The fraction of sp³-hybridized carbons (Fsp3) is 0.235. The van der Waals surface area contributed by atoms with E-state index < -0.39 is 5.82 Å². The first-order chi connectivity index (χ1) is 11.0. The molecule has 3 rings (SSSR count). The van der Waals surface area contributed by atoms with Crippen LogP contribution in [0.25, 0.3) is 0 Å². The minimum absolute atomic E-state index is 0.0305. The number of hydrogen-bond donors (Lipinski definition) is 2. The van der Waals surface area contributed by atoms with E-state index in [-0.39, 0.29) is 17.0 Å². The number of nitrogens with one attached hydrogen (secondary N) is 1. The molecule has 6 heteroatoms. The summed E-state index contributed by atoms with van der Waals surface area (Å²) in [5.74, 6) is -0.794. The first kappa shape index (κ1) is 15.8. The number of benzene rings is 2. The summed E-state index contributed by atoms with van der Waals surface area (Å²) in [7, 11) is 1.94. The third-order valence-electron chi connectivity index (χ3n) is 4.05. The van der Waals surface area contributed by atoms with E-state index in [0.29, 0.717) is 11.3 Å². The Morgan fingerprint density at radius 1 is 1.39 bits per heavy atom. The molecule has 1 amide bonds. The summed E-state index contributed by atoms with van der Waals surface area (Å²) in [6, 6.07) is 9.54. The Hall–Kier alpha value is -2.11. The van der Waals surface area contributed by atoms with E-state index in [4.69, 9.17) is 17.3 Å². The summed E-state index contributed by atoms with van der Waals surface area (Å²) in [4.78, 5) is 14.7. The van der Waals surface area contributed by atoms with E-state index in [0.717, 1.165) is 24.2 Å². The molecule has 1 aliphatic rings. The van der Waals surface area contributed by atoms with Crippen molar-refractivity contribution in [1.82, 2.24) is 0 Å². The van der Waals surface area contributed by atoms with Crippen molar-refractivity contribution in [2.45, 2.75) is 12.5 Å². The summed E-state index contributed by atoms with van der Waals surface area (Å²) in [5, 5.41) is 2.72. The van der Waals surface area contributed by atoms with Crippen LogP contribution in [0.5, 0.6) is 0 Å². The van der Waals surface area contributed by atoms with Gasteiger partial charge in [0.05, 0.1) is 16.3 Å². The molecular weight excluding hydrogens is 317 g/mol. The van der Waals surface area contributed by atoms with Crippen LogP contribution in [0, 0.1) is 5.82 Å². The Labute approximate surface area is 139 Å². The fourth-order valence-electron chi connectivity index (χ4n) is 2.84. The first-order valence-corrected chi connectivity index (χ1v) is 7.71. The normalized spacial score (nSPS) is 16.9. The summed E-state index contributed by atoms with van der Waals surface area (Å²) < 4.78 is 13.2. The maximum Gasteiger partial charge on any atom is 0.257 e. The summed E-state index contributed by atoms with van der Waals surface area (Å²) >= 11 is 5.75. The van der Waals surface area contributed by atoms with E-state index in [2.05, 4.69) is 5.32 Å². The van der Waals surface area contributed by atoms with Crippen LogP contribution in [0.4, 0.5) is 15.8 Å². The van der Waals surface area contributed by atoms with Crippen molar-refractivity contribution in [3.63, 3.8) is 0 Å². The van der Waals surface area contributed by atoms with Crippen LogP contribution in [0.3, 0.4) is 0 Å². The van der Waals surface area contributed by atoms with Gasteiger partial charge in [0.2, 0.25) is 0 Å². The number of nitrogens with two attached hydrogens (primary N) is 1. The third-order valence-corrected chi connectivity index (χ3v) is 4.34. The Morgan fingerprint density at radius 2 is 2.17 bits per heavy atom. The van der Waals surface area contributed by atoms with E-state index in [1.165, 1.54) is 18.2 Å². The van der Waals surface area contributed by atoms with Gasteiger partial charge in [-0.05, 0) is 36.2 Å². The van der Waals surface area contributed by atoms with Crippen LogP contribution in [0.1, 0.15) is 28.4 Å². The number of carbonyl (C=O) groups is 1. The molecule has 0 spiro atoms. The van der Waals surface area contributed by atoms with Gasteiger partial charge in [-0.3, -0.25) is 4.79 Å². The highest BCUT2D eigenvalue weighted by molar-refractivity contribution is 6.31. The lowest BCUT2D eigenvalue weighted by Gasteiger charge is -2.33. The molecule has 0 aliphatic carbocycles. The number of para-hydroxylation sites is 1. The fourth-order valence-corrected chi connectivity index (χ4v) is 3.02. The maximum absolute atomic E-state index is 13.2. The zero-order valence-corrected chi connectivity index (χ0v) is 13.4. The summed E-state index contributed by atoms with van der Waals surface area (Å²) in [6.45, 7) is 0.792. The molecule has 1 atom stereocenters. The molecule has 120 valence electrons. The van der Waals surface area contributed by atoms with E-state index >= 15 is 0 Å². The third kappa shape index (κ3) is 3.02. The second kappa shape index (κ2) is 6.18. The molecular formula is C17H17ClFN3O. The van der Waals surface area contributed by atoms with E-state index in [1.807, 2.05) is 24.1 Å². The number of hydrogen-bond acceptors (Lipinski definition) is 3. The lowest BCUT2D eigenvalue weighted by atomic mass is 9.94. The first-order valence-electron chi connectivity index (χ1n) is 7.33. The van der Waals surface area contributed by atoms with Gasteiger partial charge in [0.1, 0.15) is 5.82 Å². The zero-order valence-electron chi connectivity index (χ0n) is 12.6. The lowest BCUT2D eigenvalue weighted by Crippen LogP contribution is -2.32. The molecule has 2 aromatic carbocycles. The molecule has 0 radical (unpaired) electrons. The van der Waals surface area contributed by atoms with Crippen molar-refractivity contribution < 1.29 is 9.18 Å². The van der Waals surface area contributed by atoms with Crippen LogP contribution in [0.15, 0.2) is 36.4 Å². The summed E-state index contributed by atoms with van der Waals surface area (Å²) in [6.07, 6.45) is 0.849. The summed E-state index contributed by atoms with van der Waals surface area (Å²) in [5.41, 5.74) is 8.94. The van der Waals surface area contributed by atoms with Gasteiger partial charge >= 0.3 is 0 Å². The number of anilines is 2. The van der Waals surface area contributed by atoms with Crippen LogP contribution >= 0.6 is 11.6 Å². The number of nitrogens with zero attached hydrogens (tertiary/aromatic N) is 1. The van der Waals surface area contributed by atoms with Crippen LogP contribution in [0.2, 0.25) is 5.02 Å². The number of amides is 1. The van der Waals surface area contributed by atoms with Crippen molar-refractivity contribution in [2.24, 2.45) is 5.73 Å². The highest BCUT2D eigenvalue weighted by Crippen LogP contribution is 2.35. The molecule has 2 aromatic rings. The lowest BCUT2D eigenvalue weighted by molar-refractivity contribution is 0.102. The van der Waals surface area contributed by atoms with Crippen LogP contribution < -0.4 is 16.0 Å². The van der Waals surface area contributed by atoms with Gasteiger partial charge in [0.25, 0.3) is 5.91 Å². The minimum atomic E-state index is -0.521. The second-order valence-electron chi connectivity index (χ2n) is 5.64. The number of carbonyl (C=O) groups excluding carboxylic acids is 1. The largest absolute Gasteiger partial charge is 0.374 e. The van der Waals surface area contributed by atoms with Gasteiger partial charge in [-0.15, -0.1) is 0 Å². The number of rotatable bonds is 2. The predicted molar refractivity (Wildman–Crippen MR) is 90.6 cm³/mol. The monoisotopic (exact) mass is 333 g/mol. The molecule has 3 N–H and O–H groups in total. The van der Waals surface area contributed by atoms with Gasteiger partial charge in [0, 0.05) is 25.3 Å². The Bertz CT molecular complexity index is 765. The molecule has 0 aromatic heterocycles. The molecule has 4 nitrogen and oxygen atoms in total. The Kier molecular flexibility index (Phi) is 4.24. The molecule has 23 heavy (non-hydrogen) atoms. The maximum atomic E-state index is 13.2. The van der Waals surface area contributed by atoms with Gasteiger partial charge in [-0.2, -0.15) is 0 Å². The minimum Gasteiger partial charge on any atom is -0.374 e. The van der Waals surface area contributed by atoms with Gasteiger partial charge in [-0.1, -0.05) is 23.7 Å². The number of halogens is 2. The van der Waals surface area contributed by atoms with Crippen molar-refractivity contribution in [1.29, 1.82) is 0 Å². The quantitative estimate of drug-likeness (QED) is 0.883. The van der Waals surface area contributed by atoms with Crippen molar-refractivity contribution in [3.05, 3.63) is 58.4 Å². The standard InChI is InChI=1S/C17H17ClFN3O/c1-22-8-7-15(20)11-3-2-4-12(16(11)22)17(23)21-10-5-6-14(19)13(18)9-10/h2-6,9,15H,7-8,20H2,1H3,(H,21,23). The van der Waals surface area contributed by atoms with E-state index in [9.17, 15) is 9.18 Å². The topological polar surface area (TPSA) is 58.4 Å². The predicted octanol–water partition coefficient (Wildman–Crippen LogP) is 3.57.